The van der Waals surface area contributed by atoms with E-state index in [1.807, 2.05) is 0 Å². The summed E-state index contributed by atoms with van der Waals surface area (Å²) >= 11 is 0. The van der Waals surface area contributed by atoms with E-state index >= 15 is 0 Å². The molecule has 1 aliphatic rings. The number of H-pyrrole nitrogens is 1. The second kappa shape index (κ2) is 9.07. The van der Waals surface area contributed by atoms with Crippen molar-refractivity contribution in [3.8, 4) is 17.0 Å². The molecule has 0 fully saturated rings. The molecule has 1 aliphatic heterocycles. The lowest BCUT2D eigenvalue weighted by Crippen LogP contribution is -2.29. The average Bonchev–Trinajstić information content (AvgIpc) is 3.16. The van der Waals surface area contributed by atoms with Gasteiger partial charge in [-0.2, -0.15) is 5.10 Å². The number of benzene rings is 2. The van der Waals surface area contributed by atoms with Crippen LogP contribution >= 0.6 is 0 Å². The third kappa shape index (κ3) is 4.45. The molecule has 1 N–H and O–H groups in total. The molecular formula is C24H29N3O. The van der Waals surface area contributed by atoms with E-state index < -0.39 is 0 Å². The van der Waals surface area contributed by atoms with Gasteiger partial charge in [-0.1, -0.05) is 50.1 Å². The standard InChI is InChI=1S/C24H29N3O/c1-2-3-7-16-28-21-12-10-20(11-13-21)24-22-18-27(15-14-23(22)25-26-24)17-19-8-5-4-6-9-19/h4-6,8-13H,2-3,7,14-18H2,1H3,(H,25,26). The highest BCUT2D eigenvalue weighted by molar-refractivity contribution is 5.65. The number of nitrogens with one attached hydrogen (secondary N) is 1. The summed E-state index contributed by atoms with van der Waals surface area (Å²) in [5, 5.41) is 7.90. The number of aromatic nitrogens is 2. The van der Waals surface area contributed by atoms with E-state index in [1.54, 1.807) is 0 Å². The molecule has 2 heterocycles. The van der Waals surface area contributed by atoms with Gasteiger partial charge in [0, 0.05) is 42.9 Å². The topological polar surface area (TPSA) is 41.1 Å². The fourth-order valence-electron chi connectivity index (χ4n) is 3.82. The van der Waals surface area contributed by atoms with Crippen LogP contribution in [0.25, 0.3) is 11.3 Å². The van der Waals surface area contributed by atoms with Gasteiger partial charge in [-0.3, -0.25) is 10.00 Å². The zero-order chi connectivity index (χ0) is 19.2. The Morgan fingerprint density at radius 1 is 1.04 bits per heavy atom. The Bertz CT molecular complexity index is 871. The Balaban J connectivity index is 1.44. The fraction of sp³-hybridized carbons (Fsp3) is 0.375. The van der Waals surface area contributed by atoms with Crippen molar-refractivity contribution in [3.05, 3.63) is 71.4 Å². The Morgan fingerprint density at radius 3 is 2.64 bits per heavy atom. The Labute approximate surface area is 167 Å². The van der Waals surface area contributed by atoms with Crippen LogP contribution in [0.5, 0.6) is 5.75 Å². The van der Waals surface area contributed by atoms with Crippen molar-refractivity contribution in [2.45, 2.75) is 45.7 Å². The summed E-state index contributed by atoms with van der Waals surface area (Å²) in [5.74, 6) is 0.940. The first-order valence-corrected chi connectivity index (χ1v) is 10.4. The zero-order valence-electron chi connectivity index (χ0n) is 16.7. The monoisotopic (exact) mass is 375 g/mol. The number of aromatic amines is 1. The maximum Gasteiger partial charge on any atom is 0.119 e. The lowest BCUT2D eigenvalue weighted by molar-refractivity contribution is 0.245. The van der Waals surface area contributed by atoms with Crippen molar-refractivity contribution >= 4 is 0 Å². The predicted molar refractivity (Wildman–Crippen MR) is 113 cm³/mol. The first-order valence-electron chi connectivity index (χ1n) is 10.4. The number of unbranched alkanes of at least 4 members (excludes halogenated alkanes) is 2. The number of nitrogens with zero attached hydrogens (tertiary/aromatic N) is 2. The SMILES string of the molecule is CCCCCOc1ccc(-c2n[nH]c3c2CN(Cc2ccccc2)CC3)cc1. The highest BCUT2D eigenvalue weighted by Crippen LogP contribution is 2.30. The van der Waals surface area contributed by atoms with Crippen LogP contribution in [0.15, 0.2) is 54.6 Å². The Morgan fingerprint density at radius 2 is 1.86 bits per heavy atom. The molecule has 0 saturated carbocycles. The molecule has 2 aromatic carbocycles. The van der Waals surface area contributed by atoms with Gasteiger partial charge in [-0.05, 0) is 36.2 Å². The summed E-state index contributed by atoms with van der Waals surface area (Å²) in [6, 6.07) is 19.1. The van der Waals surface area contributed by atoms with Gasteiger partial charge >= 0.3 is 0 Å². The van der Waals surface area contributed by atoms with E-state index in [-0.39, 0.29) is 0 Å². The predicted octanol–water partition coefficient (Wildman–Crippen LogP) is 5.20. The van der Waals surface area contributed by atoms with E-state index in [0.717, 1.165) is 56.1 Å². The van der Waals surface area contributed by atoms with Gasteiger partial charge in [0.05, 0.1) is 12.3 Å². The molecule has 0 unspecified atom stereocenters. The van der Waals surface area contributed by atoms with Crippen molar-refractivity contribution in [1.29, 1.82) is 0 Å². The van der Waals surface area contributed by atoms with Gasteiger partial charge in [0.1, 0.15) is 5.75 Å². The number of hydrogen-bond donors (Lipinski definition) is 1. The van der Waals surface area contributed by atoms with E-state index in [9.17, 15) is 0 Å². The second-order valence-corrected chi connectivity index (χ2v) is 7.56. The molecule has 0 spiro atoms. The van der Waals surface area contributed by atoms with Crippen LogP contribution in [-0.2, 0) is 19.5 Å². The third-order valence-corrected chi connectivity index (χ3v) is 5.41. The van der Waals surface area contributed by atoms with Crippen molar-refractivity contribution in [3.63, 3.8) is 0 Å². The molecule has 0 atom stereocenters. The van der Waals surface area contributed by atoms with Crippen molar-refractivity contribution in [1.82, 2.24) is 15.1 Å². The van der Waals surface area contributed by atoms with Crippen LogP contribution in [0.1, 0.15) is 43.0 Å². The van der Waals surface area contributed by atoms with Crippen LogP contribution in [0.3, 0.4) is 0 Å². The molecule has 0 aliphatic carbocycles. The van der Waals surface area contributed by atoms with E-state index in [1.165, 1.54) is 29.7 Å². The van der Waals surface area contributed by atoms with Gasteiger partial charge in [0.25, 0.3) is 0 Å². The molecule has 146 valence electrons. The third-order valence-electron chi connectivity index (χ3n) is 5.41. The van der Waals surface area contributed by atoms with Crippen LogP contribution in [0, 0.1) is 0 Å². The molecule has 4 nitrogen and oxygen atoms in total. The van der Waals surface area contributed by atoms with E-state index in [2.05, 4.69) is 76.6 Å². The summed E-state index contributed by atoms with van der Waals surface area (Å²) in [4.78, 5) is 2.50. The maximum atomic E-state index is 5.84. The largest absolute Gasteiger partial charge is 0.494 e. The van der Waals surface area contributed by atoms with Crippen LogP contribution in [0.2, 0.25) is 0 Å². The Kier molecular flexibility index (Phi) is 6.07. The second-order valence-electron chi connectivity index (χ2n) is 7.56. The minimum Gasteiger partial charge on any atom is -0.494 e. The van der Waals surface area contributed by atoms with Gasteiger partial charge in [0.2, 0.25) is 0 Å². The van der Waals surface area contributed by atoms with Crippen molar-refractivity contribution in [2.75, 3.05) is 13.2 Å². The molecule has 0 radical (unpaired) electrons. The fourth-order valence-corrected chi connectivity index (χ4v) is 3.82. The lowest BCUT2D eigenvalue weighted by atomic mass is 10.0. The molecule has 4 heteroatoms. The highest BCUT2D eigenvalue weighted by Gasteiger charge is 2.22. The Hall–Kier alpha value is -2.59. The number of rotatable bonds is 8. The summed E-state index contributed by atoms with van der Waals surface area (Å²) in [7, 11) is 0. The molecule has 1 aromatic heterocycles. The number of hydrogen-bond acceptors (Lipinski definition) is 3. The minimum atomic E-state index is 0.791. The lowest BCUT2D eigenvalue weighted by Gasteiger charge is -2.27. The summed E-state index contributed by atoms with van der Waals surface area (Å²) in [5.41, 5.74) is 6.20. The van der Waals surface area contributed by atoms with Crippen molar-refractivity contribution in [2.24, 2.45) is 0 Å². The summed E-state index contributed by atoms with van der Waals surface area (Å²) in [6.07, 6.45) is 4.57. The van der Waals surface area contributed by atoms with Gasteiger partial charge in [-0.25, -0.2) is 0 Å². The minimum absolute atomic E-state index is 0.791. The first kappa shape index (κ1) is 18.8. The first-order chi connectivity index (χ1) is 13.8. The molecule has 28 heavy (non-hydrogen) atoms. The number of ether oxygens (including phenoxy) is 1. The quantitative estimate of drug-likeness (QED) is 0.550. The van der Waals surface area contributed by atoms with Gasteiger partial charge in [0.15, 0.2) is 0 Å². The van der Waals surface area contributed by atoms with Gasteiger partial charge in [-0.15, -0.1) is 0 Å². The average molecular weight is 376 g/mol. The molecule has 0 saturated heterocycles. The van der Waals surface area contributed by atoms with Gasteiger partial charge < -0.3 is 4.74 Å². The van der Waals surface area contributed by atoms with E-state index in [4.69, 9.17) is 4.74 Å². The normalized spacial score (nSPS) is 14.0. The zero-order valence-corrected chi connectivity index (χ0v) is 16.7. The van der Waals surface area contributed by atoms with Crippen molar-refractivity contribution < 1.29 is 4.74 Å². The molecule has 4 rings (SSSR count). The summed E-state index contributed by atoms with van der Waals surface area (Å²) < 4.78 is 5.84. The van der Waals surface area contributed by atoms with Crippen LogP contribution in [0.4, 0.5) is 0 Å². The summed E-state index contributed by atoms with van der Waals surface area (Å²) in [6.45, 7) is 5.98. The highest BCUT2D eigenvalue weighted by atomic mass is 16.5. The maximum absolute atomic E-state index is 5.84. The smallest absolute Gasteiger partial charge is 0.119 e. The molecular weight excluding hydrogens is 346 g/mol. The van der Waals surface area contributed by atoms with Crippen LogP contribution < -0.4 is 4.74 Å². The number of fused-ring (bicyclic) bond motifs is 1. The molecule has 0 amide bonds. The van der Waals surface area contributed by atoms with Crippen LogP contribution in [-0.4, -0.2) is 28.2 Å². The molecule has 3 aromatic rings. The van der Waals surface area contributed by atoms with E-state index in [0.29, 0.717) is 0 Å². The molecule has 0 bridgehead atoms.